The van der Waals surface area contributed by atoms with Gasteiger partial charge in [0, 0.05) is 37.9 Å². The van der Waals surface area contributed by atoms with E-state index in [2.05, 4.69) is 58.1 Å². The zero-order valence-electron chi connectivity index (χ0n) is 17.4. The number of ether oxygens (including phenoxy) is 1. The number of hydrogen-bond acceptors (Lipinski definition) is 4. The van der Waals surface area contributed by atoms with E-state index >= 15 is 0 Å². The summed E-state index contributed by atoms with van der Waals surface area (Å²) in [6.45, 7) is 9.77. The van der Waals surface area contributed by atoms with Crippen molar-refractivity contribution in [3.05, 3.63) is 59.9 Å². The fourth-order valence-electron chi connectivity index (χ4n) is 3.78. The molecule has 1 saturated heterocycles. The van der Waals surface area contributed by atoms with E-state index < -0.39 is 0 Å². The maximum Gasteiger partial charge on any atom is 0.119 e. The predicted octanol–water partition coefficient (Wildman–Crippen LogP) is 4.40. The molecule has 1 fully saturated rings. The zero-order chi connectivity index (χ0) is 19.4. The first-order valence-corrected chi connectivity index (χ1v) is 10.9. The van der Waals surface area contributed by atoms with Crippen LogP contribution < -0.4 is 4.74 Å². The average Bonchev–Trinajstić information content (AvgIpc) is 2.76. The van der Waals surface area contributed by atoms with E-state index in [-0.39, 0.29) is 0 Å². The lowest BCUT2D eigenvalue weighted by atomic mass is 10.1. The van der Waals surface area contributed by atoms with E-state index in [0.29, 0.717) is 0 Å². The van der Waals surface area contributed by atoms with E-state index in [1.165, 1.54) is 44.5 Å². The molecule has 0 spiro atoms. The Morgan fingerprint density at radius 2 is 1.86 bits per heavy atom. The Hall–Kier alpha value is -1.91. The van der Waals surface area contributed by atoms with Gasteiger partial charge in [-0.05, 0) is 68.7 Å². The minimum absolute atomic E-state index is 0.807. The monoisotopic (exact) mass is 381 g/mol. The lowest BCUT2D eigenvalue weighted by Crippen LogP contribution is -2.31. The fourth-order valence-corrected chi connectivity index (χ4v) is 3.78. The second kappa shape index (κ2) is 11.8. The van der Waals surface area contributed by atoms with Gasteiger partial charge in [-0.25, -0.2) is 0 Å². The molecule has 0 radical (unpaired) electrons. The van der Waals surface area contributed by atoms with Crippen LogP contribution in [-0.4, -0.2) is 54.1 Å². The van der Waals surface area contributed by atoms with Crippen LogP contribution >= 0.6 is 0 Å². The number of pyridine rings is 1. The highest BCUT2D eigenvalue weighted by Crippen LogP contribution is 2.15. The Bertz CT molecular complexity index is 653. The summed E-state index contributed by atoms with van der Waals surface area (Å²) in [7, 11) is 0. The molecule has 0 atom stereocenters. The highest BCUT2D eigenvalue weighted by Gasteiger charge is 2.09. The molecule has 0 saturated carbocycles. The summed E-state index contributed by atoms with van der Waals surface area (Å²) in [5, 5.41) is 0. The molecule has 28 heavy (non-hydrogen) atoms. The topological polar surface area (TPSA) is 28.6 Å². The van der Waals surface area contributed by atoms with Crippen molar-refractivity contribution in [2.45, 2.75) is 45.6 Å². The predicted molar refractivity (Wildman–Crippen MR) is 116 cm³/mol. The van der Waals surface area contributed by atoms with Gasteiger partial charge in [-0.2, -0.15) is 0 Å². The Balaban J connectivity index is 1.36. The number of benzene rings is 1. The molecule has 3 rings (SSSR count). The lowest BCUT2D eigenvalue weighted by Gasteiger charge is -2.26. The number of rotatable bonds is 11. The van der Waals surface area contributed by atoms with Gasteiger partial charge in [0.25, 0.3) is 0 Å². The smallest absolute Gasteiger partial charge is 0.119 e. The molecule has 152 valence electrons. The van der Waals surface area contributed by atoms with Crippen LogP contribution in [0.2, 0.25) is 0 Å². The number of likely N-dealkylation sites (N-methyl/N-ethyl adjacent to an activating group) is 1. The van der Waals surface area contributed by atoms with Crippen molar-refractivity contribution >= 4 is 0 Å². The molecular formula is C24H35N3O. The van der Waals surface area contributed by atoms with Crippen LogP contribution in [0.1, 0.15) is 43.9 Å². The molecule has 4 nitrogen and oxygen atoms in total. The minimum atomic E-state index is 0.807. The van der Waals surface area contributed by atoms with Crippen molar-refractivity contribution in [3.8, 4) is 5.75 Å². The van der Waals surface area contributed by atoms with Gasteiger partial charge in [0.15, 0.2) is 0 Å². The second-order valence-corrected chi connectivity index (χ2v) is 7.69. The number of nitrogens with zero attached hydrogens (tertiary/aromatic N) is 3. The van der Waals surface area contributed by atoms with Crippen LogP contribution in [0.15, 0.2) is 48.7 Å². The van der Waals surface area contributed by atoms with Gasteiger partial charge in [-0.1, -0.05) is 31.5 Å². The minimum Gasteiger partial charge on any atom is -0.494 e. The summed E-state index contributed by atoms with van der Waals surface area (Å²) < 4.78 is 5.94. The van der Waals surface area contributed by atoms with Crippen LogP contribution in [0, 0.1) is 0 Å². The highest BCUT2D eigenvalue weighted by atomic mass is 16.5. The van der Waals surface area contributed by atoms with Crippen LogP contribution in [0.5, 0.6) is 5.75 Å². The van der Waals surface area contributed by atoms with Gasteiger partial charge in [0.05, 0.1) is 6.61 Å². The van der Waals surface area contributed by atoms with Gasteiger partial charge in [0.2, 0.25) is 0 Å². The first-order chi connectivity index (χ1) is 13.8. The third-order valence-electron chi connectivity index (χ3n) is 5.52. The van der Waals surface area contributed by atoms with E-state index in [4.69, 9.17) is 4.74 Å². The van der Waals surface area contributed by atoms with E-state index in [0.717, 1.165) is 50.5 Å². The standard InChI is InChI=1S/C24H35N3O/c1-2-26(19-14-23-9-4-5-15-25-23)21-22-10-12-24(13-11-22)28-20-8-18-27-16-6-3-7-17-27/h4-5,9-13,15H,2-3,6-8,14,16-21H2,1H3. The van der Waals surface area contributed by atoms with Crippen molar-refractivity contribution in [3.63, 3.8) is 0 Å². The van der Waals surface area contributed by atoms with Crippen molar-refractivity contribution in [1.82, 2.24) is 14.8 Å². The van der Waals surface area contributed by atoms with Crippen molar-refractivity contribution < 1.29 is 4.74 Å². The molecule has 2 heterocycles. The summed E-state index contributed by atoms with van der Waals surface area (Å²) in [4.78, 5) is 9.45. The number of hydrogen-bond donors (Lipinski definition) is 0. The van der Waals surface area contributed by atoms with Crippen molar-refractivity contribution in [2.75, 3.05) is 39.3 Å². The quantitative estimate of drug-likeness (QED) is 0.539. The third-order valence-corrected chi connectivity index (χ3v) is 5.52. The molecule has 1 aliphatic heterocycles. The van der Waals surface area contributed by atoms with E-state index in [9.17, 15) is 0 Å². The first-order valence-electron chi connectivity index (χ1n) is 10.9. The van der Waals surface area contributed by atoms with Gasteiger partial charge >= 0.3 is 0 Å². The largest absolute Gasteiger partial charge is 0.494 e. The lowest BCUT2D eigenvalue weighted by molar-refractivity contribution is 0.205. The van der Waals surface area contributed by atoms with E-state index in [1.807, 2.05) is 12.3 Å². The van der Waals surface area contributed by atoms with Crippen molar-refractivity contribution in [1.29, 1.82) is 0 Å². The fraction of sp³-hybridized carbons (Fsp3) is 0.542. The Morgan fingerprint density at radius 1 is 1.04 bits per heavy atom. The molecule has 0 amide bonds. The molecule has 2 aromatic rings. The zero-order valence-corrected chi connectivity index (χ0v) is 17.4. The highest BCUT2D eigenvalue weighted by molar-refractivity contribution is 5.27. The molecule has 4 heteroatoms. The summed E-state index contributed by atoms with van der Waals surface area (Å²) in [5.41, 5.74) is 2.50. The maximum atomic E-state index is 5.94. The Labute approximate surface area is 170 Å². The van der Waals surface area contributed by atoms with Crippen LogP contribution in [0.3, 0.4) is 0 Å². The Morgan fingerprint density at radius 3 is 2.57 bits per heavy atom. The summed E-state index contributed by atoms with van der Waals surface area (Å²) >= 11 is 0. The first kappa shape index (κ1) is 20.8. The number of likely N-dealkylation sites (tertiary alicyclic amines) is 1. The molecule has 1 aliphatic rings. The summed E-state index contributed by atoms with van der Waals surface area (Å²) in [6, 6.07) is 14.8. The van der Waals surface area contributed by atoms with E-state index in [1.54, 1.807) is 0 Å². The molecular weight excluding hydrogens is 346 g/mol. The summed E-state index contributed by atoms with van der Waals surface area (Å²) in [5.74, 6) is 0.985. The molecule has 0 aliphatic carbocycles. The van der Waals surface area contributed by atoms with Gasteiger partial charge in [0.1, 0.15) is 5.75 Å². The van der Waals surface area contributed by atoms with Crippen molar-refractivity contribution in [2.24, 2.45) is 0 Å². The summed E-state index contributed by atoms with van der Waals surface area (Å²) in [6.07, 6.45) is 8.10. The van der Waals surface area contributed by atoms with Crippen LogP contribution in [0.25, 0.3) is 0 Å². The molecule has 1 aromatic heterocycles. The Kier molecular flexibility index (Phi) is 8.79. The average molecular weight is 382 g/mol. The van der Waals surface area contributed by atoms with Gasteiger partial charge in [-0.3, -0.25) is 9.88 Å². The molecule has 1 aromatic carbocycles. The third kappa shape index (κ3) is 7.25. The molecule has 0 bridgehead atoms. The van der Waals surface area contributed by atoms with Gasteiger partial charge < -0.3 is 9.64 Å². The SMILES string of the molecule is CCN(CCc1ccccn1)Cc1ccc(OCCCN2CCCCC2)cc1. The van der Waals surface area contributed by atoms with Crippen LogP contribution in [0.4, 0.5) is 0 Å². The normalized spacial score (nSPS) is 15.1. The van der Waals surface area contributed by atoms with Crippen LogP contribution in [-0.2, 0) is 13.0 Å². The maximum absolute atomic E-state index is 5.94. The van der Waals surface area contributed by atoms with Gasteiger partial charge in [-0.15, -0.1) is 0 Å². The molecule has 0 unspecified atom stereocenters. The second-order valence-electron chi connectivity index (χ2n) is 7.69. The number of aromatic nitrogens is 1. The number of piperidine rings is 1. The molecule has 0 N–H and O–H groups in total.